The molecule has 5 heteroatoms. The van der Waals surface area contributed by atoms with E-state index in [4.69, 9.17) is 5.73 Å². The molecule has 4 nitrogen and oxygen atoms in total. The topological polar surface area (TPSA) is 56.2 Å². The van der Waals surface area contributed by atoms with Crippen molar-refractivity contribution in [2.75, 3.05) is 0 Å². The zero-order valence-electron chi connectivity index (χ0n) is 6.82. The highest BCUT2D eigenvalue weighted by molar-refractivity contribution is 7.16. The maximum atomic E-state index is 5.44. The van der Waals surface area contributed by atoms with Gasteiger partial charge in [0.05, 0.1) is 11.9 Å². The van der Waals surface area contributed by atoms with Crippen LogP contribution in [-0.2, 0) is 13.0 Å². The van der Waals surface area contributed by atoms with Crippen molar-refractivity contribution in [3.8, 4) is 0 Å². The van der Waals surface area contributed by atoms with Gasteiger partial charge in [-0.3, -0.25) is 0 Å². The second kappa shape index (κ2) is 2.84. The molecule has 0 amide bonds. The number of aryl methyl sites for hydroxylation is 1. The van der Waals surface area contributed by atoms with E-state index in [9.17, 15) is 0 Å². The number of hydrogen-bond acceptors (Lipinski definition) is 4. The normalized spacial score (nSPS) is 11.2. The van der Waals surface area contributed by atoms with Gasteiger partial charge in [0.1, 0.15) is 5.01 Å². The molecule has 64 valence electrons. The van der Waals surface area contributed by atoms with E-state index in [2.05, 4.69) is 17.0 Å². The molecule has 2 rings (SSSR count). The first-order chi connectivity index (χ1) is 5.83. The van der Waals surface area contributed by atoms with Crippen LogP contribution in [-0.4, -0.2) is 14.6 Å². The van der Waals surface area contributed by atoms with Crippen LogP contribution in [0.2, 0.25) is 0 Å². The second-order valence-corrected chi connectivity index (χ2v) is 3.55. The van der Waals surface area contributed by atoms with Crippen LogP contribution >= 0.6 is 11.3 Å². The van der Waals surface area contributed by atoms with E-state index in [0.29, 0.717) is 6.54 Å². The first-order valence-corrected chi connectivity index (χ1v) is 4.69. The molecule has 0 bridgehead atoms. The van der Waals surface area contributed by atoms with Crippen LogP contribution in [0.3, 0.4) is 0 Å². The first-order valence-electron chi connectivity index (χ1n) is 3.87. The van der Waals surface area contributed by atoms with Gasteiger partial charge < -0.3 is 5.73 Å². The SMILES string of the molecule is CCc1nn2cc(CN)nc2s1. The van der Waals surface area contributed by atoms with Gasteiger partial charge in [-0.25, -0.2) is 9.50 Å². The minimum Gasteiger partial charge on any atom is -0.325 e. The number of hydrogen-bond donors (Lipinski definition) is 1. The average molecular weight is 182 g/mol. The lowest BCUT2D eigenvalue weighted by Crippen LogP contribution is -1.95. The zero-order valence-corrected chi connectivity index (χ0v) is 7.64. The molecule has 0 spiro atoms. The Balaban J connectivity index is 2.52. The first kappa shape index (κ1) is 7.70. The fraction of sp³-hybridized carbons (Fsp3) is 0.429. The second-order valence-electron chi connectivity index (χ2n) is 2.51. The van der Waals surface area contributed by atoms with Crippen LogP contribution in [0.15, 0.2) is 6.20 Å². The smallest absolute Gasteiger partial charge is 0.212 e. The molecule has 2 N–H and O–H groups in total. The highest BCUT2D eigenvalue weighted by atomic mass is 32.1. The lowest BCUT2D eigenvalue weighted by Gasteiger charge is -1.83. The predicted molar refractivity (Wildman–Crippen MR) is 48.1 cm³/mol. The van der Waals surface area contributed by atoms with Crippen molar-refractivity contribution < 1.29 is 0 Å². The largest absolute Gasteiger partial charge is 0.325 e. The Hall–Kier alpha value is -0.940. The molecule has 2 aromatic heterocycles. The quantitative estimate of drug-likeness (QED) is 0.747. The third kappa shape index (κ3) is 1.11. The minimum atomic E-state index is 0.484. The molecule has 0 aliphatic rings. The van der Waals surface area contributed by atoms with Crippen molar-refractivity contribution >= 4 is 16.3 Å². The molecule has 0 aromatic carbocycles. The Kier molecular flexibility index (Phi) is 1.82. The maximum Gasteiger partial charge on any atom is 0.212 e. The molecule has 0 atom stereocenters. The number of nitrogens with two attached hydrogens (primary N) is 1. The summed E-state index contributed by atoms with van der Waals surface area (Å²) in [6, 6.07) is 0. The molecule has 0 aliphatic carbocycles. The van der Waals surface area contributed by atoms with Gasteiger partial charge in [0, 0.05) is 6.54 Å². The highest BCUT2D eigenvalue weighted by Gasteiger charge is 2.04. The van der Waals surface area contributed by atoms with Gasteiger partial charge in [-0.15, -0.1) is 0 Å². The van der Waals surface area contributed by atoms with Gasteiger partial charge in [0.15, 0.2) is 0 Å². The fourth-order valence-electron chi connectivity index (χ4n) is 1.03. The summed E-state index contributed by atoms with van der Waals surface area (Å²) < 4.78 is 1.80. The van der Waals surface area contributed by atoms with Crippen molar-refractivity contribution in [1.29, 1.82) is 0 Å². The predicted octanol–water partition coefficient (Wildman–Crippen LogP) is 0.812. The van der Waals surface area contributed by atoms with Crippen molar-refractivity contribution in [2.45, 2.75) is 19.9 Å². The molecule has 0 radical (unpaired) electrons. The Morgan fingerprint density at radius 2 is 2.50 bits per heavy atom. The van der Waals surface area contributed by atoms with E-state index in [-0.39, 0.29) is 0 Å². The van der Waals surface area contributed by atoms with Crippen LogP contribution in [0.1, 0.15) is 17.6 Å². The Bertz CT molecular complexity index is 324. The summed E-state index contributed by atoms with van der Waals surface area (Å²) in [5.74, 6) is 0. The molecular formula is C7H10N4S. The molecule has 0 aliphatic heterocycles. The van der Waals surface area contributed by atoms with Crippen LogP contribution < -0.4 is 5.73 Å². The Morgan fingerprint density at radius 3 is 3.08 bits per heavy atom. The number of imidazole rings is 1. The lowest BCUT2D eigenvalue weighted by molar-refractivity contribution is 0.903. The van der Waals surface area contributed by atoms with Crippen molar-refractivity contribution in [3.63, 3.8) is 0 Å². The summed E-state index contributed by atoms with van der Waals surface area (Å²) >= 11 is 1.62. The van der Waals surface area contributed by atoms with Crippen LogP contribution in [0, 0.1) is 0 Å². The summed E-state index contributed by atoms with van der Waals surface area (Å²) in [4.78, 5) is 5.23. The minimum absolute atomic E-state index is 0.484. The number of nitrogens with zero attached hydrogens (tertiary/aromatic N) is 3. The van der Waals surface area contributed by atoms with Crippen molar-refractivity contribution in [1.82, 2.24) is 14.6 Å². The van der Waals surface area contributed by atoms with Crippen LogP contribution in [0.5, 0.6) is 0 Å². The standard InChI is InChI=1S/C7H10N4S/c1-2-6-10-11-4-5(3-8)9-7(11)12-6/h4H,2-3,8H2,1H3. The third-order valence-corrected chi connectivity index (χ3v) is 2.71. The van der Waals surface area contributed by atoms with E-state index < -0.39 is 0 Å². The molecule has 2 aromatic rings. The number of aromatic nitrogens is 3. The van der Waals surface area contributed by atoms with Crippen molar-refractivity contribution in [2.24, 2.45) is 5.73 Å². The number of rotatable bonds is 2. The van der Waals surface area contributed by atoms with Crippen LogP contribution in [0.4, 0.5) is 0 Å². The van der Waals surface area contributed by atoms with Gasteiger partial charge in [-0.2, -0.15) is 5.10 Å². The summed E-state index contributed by atoms with van der Waals surface area (Å²) in [5, 5.41) is 5.43. The molecule has 0 saturated carbocycles. The zero-order chi connectivity index (χ0) is 8.55. The highest BCUT2D eigenvalue weighted by Crippen LogP contribution is 2.14. The summed E-state index contributed by atoms with van der Waals surface area (Å²) in [5.41, 5.74) is 6.34. The van der Waals surface area contributed by atoms with Gasteiger partial charge in [-0.05, 0) is 6.42 Å². The Labute approximate surface area is 74.0 Å². The molecule has 2 heterocycles. The van der Waals surface area contributed by atoms with E-state index in [0.717, 1.165) is 22.1 Å². The average Bonchev–Trinajstić information content (AvgIpc) is 2.59. The Morgan fingerprint density at radius 1 is 1.67 bits per heavy atom. The molecule has 0 saturated heterocycles. The summed E-state index contributed by atoms with van der Waals surface area (Å²) in [7, 11) is 0. The molecule has 0 unspecified atom stereocenters. The summed E-state index contributed by atoms with van der Waals surface area (Å²) in [6.45, 7) is 2.57. The van der Waals surface area contributed by atoms with Gasteiger partial charge in [0.25, 0.3) is 0 Å². The molecule has 12 heavy (non-hydrogen) atoms. The fourth-order valence-corrected chi connectivity index (χ4v) is 1.86. The van der Waals surface area contributed by atoms with Crippen molar-refractivity contribution in [3.05, 3.63) is 16.9 Å². The van der Waals surface area contributed by atoms with E-state index in [1.54, 1.807) is 15.9 Å². The summed E-state index contributed by atoms with van der Waals surface area (Å²) in [6.07, 6.45) is 2.84. The maximum absolute atomic E-state index is 5.44. The van der Waals surface area contributed by atoms with E-state index in [1.807, 2.05) is 6.20 Å². The third-order valence-electron chi connectivity index (χ3n) is 1.65. The van der Waals surface area contributed by atoms with Crippen LogP contribution in [0.25, 0.3) is 4.96 Å². The number of fused-ring (bicyclic) bond motifs is 1. The van der Waals surface area contributed by atoms with E-state index >= 15 is 0 Å². The lowest BCUT2D eigenvalue weighted by atomic mass is 10.5. The molecular weight excluding hydrogens is 172 g/mol. The molecule has 0 fully saturated rings. The monoisotopic (exact) mass is 182 g/mol. The van der Waals surface area contributed by atoms with E-state index in [1.165, 1.54) is 0 Å². The van der Waals surface area contributed by atoms with Gasteiger partial charge in [-0.1, -0.05) is 18.3 Å². The van der Waals surface area contributed by atoms with Gasteiger partial charge in [0.2, 0.25) is 4.96 Å². The van der Waals surface area contributed by atoms with Gasteiger partial charge >= 0.3 is 0 Å².